The Balaban J connectivity index is 1.27. The Labute approximate surface area is 174 Å². The summed E-state index contributed by atoms with van der Waals surface area (Å²) in [6.07, 6.45) is 2.96. The number of aryl methyl sites for hydroxylation is 1. The Morgan fingerprint density at radius 3 is 2.59 bits per heavy atom. The van der Waals surface area contributed by atoms with Crippen LogP contribution in [0.4, 0.5) is 0 Å². The lowest BCUT2D eigenvalue weighted by Gasteiger charge is -2.32. The van der Waals surface area contributed by atoms with Crippen molar-refractivity contribution in [1.82, 2.24) is 9.88 Å². The molecule has 1 saturated heterocycles. The Morgan fingerprint density at radius 1 is 1.07 bits per heavy atom. The molecule has 5 nitrogen and oxygen atoms in total. The number of hydrogen-bond acceptors (Lipinski definition) is 3. The van der Waals surface area contributed by atoms with Gasteiger partial charge >= 0.3 is 0 Å². The summed E-state index contributed by atoms with van der Waals surface area (Å²) < 4.78 is 6.12. The molecule has 6 heteroatoms. The summed E-state index contributed by atoms with van der Waals surface area (Å²) in [6, 6.07) is 16.6. The SMILES string of the molecule is O=C(CCc1ccc(Cl)cc1)N1CCC(Oc2ccc3[nH]c(=O)ccc3c2)CC1. The first-order chi connectivity index (χ1) is 14.1. The minimum Gasteiger partial charge on any atom is -0.490 e. The first-order valence-corrected chi connectivity index (χ1v) is 10.3. The lowest BCUT2D eigenvalue weighted by molar-refractivity contribution is -0.132. The summed E-state index contributed by atoms with van der Waals surface area (Å²) in [6.45, 7) is 1.43. The number of benzene rings is 2. The van der Waals surface area contributed by atoms with E-state index in [4.69, 9.17) is 16.3 Å². The number of halogens is 1. The molecule has 150 valence electrons. The molecule has 0 spiro atoms. The molecule has 0 radical (unpaired) electrons. The number of piperidine rings is 1. The molecule has 2 heterocycles. The smallest absolute Gasteiger partial charge is 0.248 e. The zero-order valence-corrected chi connectivity index (χ0v) is 16.8. The van der Waals surface area contributed by atoms with E-state index in [-0.39, 0.29) is 17.6 Å². The average Bonchev–Trinajstić information content (AvgIpc) is 2.74. The van der Waals surface area contributed by atoms with Crippen molar-refractivity contribution in [3.05, 3.63) is 75.5 Å². The van der Waals surface area contributed by atoms with Crippen LogP contribution in [0.1, 0.15) is 24.8 Å². The van der Waals surface area contributed by atoms with Gasteiger partial charge in [-0.25, -0.2) is 0 Å². The molecule has 29 heavy (non-hydrogen) atoms. The minimum atomic E-state index is -0.112. The van der Waals surface area contributed by atoms with Gasteiger partial charge in [-0.2, -0.15) is 0 Å². The molecule has 0 bridgehead atoms. The molecule has 1 aromatic heterocycles. The van der Waals surface area contributed by atoms with E-state index in [9.17, 15) is 9.59 Å². The highest BCUT2D eigenvalue weighted by molar-refractivity contribution is 6.30. The molecular formula is C23H23ClN2O3. The van der Waals surface area contributed by atoms with Gasteiger partial charge in [0.25, 0.3) is 0 Å². The van der Waals surface area contributed by atoms with Crippen LogP contribution in [0.5, 0.6) is 5.75 Å². The van der Waals surface area contributed by atoms with Gasteiger partial charge in [-0.15, -0.1) is 0 Å². The quantitative estimate of drug-likeness (QED) is 0.686. The van der Waals surface area contributed by atoms with Gasteiger partial charge in [0, 0.05) is 54.3 Å². The maximum absolute atomic E-state index is 12.5. The lowest BCUT2D eigenvalue weighted by atomic mass is 10.1. The third kappa shape index (κ3) is 4.98. The van der Waals surface area contributed by atoms with Crippen molar-refractivity contribution in [3.8, 4) is 5.75 Å². The number of ether oxygens (including phenoxy) is 1. The predicted molar refractivity (Wildman–Crippen MR) is 115 cm³/mol. The van der Waals surface area contributed by atoms with Gasteiger partial charge in [0.15, 0.2) is 0 Å². The molecule has 2 aromatic carbocycles. The minimum absolute atomic E-state index is 0.0931. The maximum atomic E-state index is 12.5. The molecule has 4 rings (SSSR count). The molecule has 3 aromatic rings. The van der Waals surface area contributed by atoms with E-state index in [1.54, 1.807) is 6.07 Å². The van der Waals surface area contributed by atoms with Crippen LogP contribution >= 0.6 is 11.6 Å². The molecule has 0 unspecified atom stereocenters. The summed E-state index contributed by atoms with van der Waals surface area (Å²) >= 11 is 5.90. The number of hydrogen-bond donors (Lipinski definition) is 1. The number of pyridine rings is 1. The van der Waals surface area contributed by atoms with E-state index in [2.05, 4.69) is 4.98 Å². The number of aromatic nitrogens is 1. The van der Waals surface area contributed by atoms with Crippen LogP contribution in [0.3, 0.4) is 0 Å². The monoisotopic (exact) mass is 410 g/mol. The highest BCUT2D eigenvalue weighted by Gasteiger charge is 2.23. The normalized spacial score (nSPS) is 14.9. The van der Waals surface area contributed by atoms with Gasteiger partial charge in [0.2, 0.25) is 11.5 Å². The Bertz CT molecular complexity index is 1050. The molecule has 1 aliphatic heterocycles. The third-order valence-corrected chi connectivity index (χ3v) is 5.59. The highest BCUT2D eigenvalue weighted by Crippen LogP contribution is 2.23. The summed E-state index contributed by atoms with van der Waals surface area (Å²) in [4.78, 5) is 28.6. The fourth-order valence-corrected chi connectivity index (χ4v) is 3.81. The van der Waals surface area contributed by atoms with Crippen molar-refractivity contribution in [2.45, 2.75) is 31.8 Å². The Morgan fingerprint density at radius 2 is 1.83 bits per heavy atom. The molecule has 1 N–H and O–H groups in total. The third-order valence-electron chi connectivity index (χ3n) is 5.33. The first kappa shape index (κ1) is 19.5. The second kappa shape index (κ2) is 8.70. The molecular weight excluding hydrogens is 388 g/mol. The van der Waals surface area contributed by atoms with Gasteiger partial charge in [-0.1, -0.05) is 23.7 Å². The lowest BCUT2D eigenvalue weighted by Crippen LogP contribution is -2.41. The molecule has 1 aliphatic rings. The van der Waals surface area contributed by atoms with E-state index in [0.29, 0.717) is 24.5 Å². The van der Waals surface area contributed by atoms with Gasteiger partial charge in [-0.05, 0) is 48.4 Å². The van der Waals surface area contributed by atoms with E-state index < -0.39 is 0 Å². The average molecular weight is 411 g/mol. The number of amides is 1. The van der Waals surface area contributed by atoms with E-state index in [1.165, 1.54) is 6.07 Å². The van der Waals surface area contributed by atoms with Crippen LogP contribution in [-0.4, -0.2) is 35.0 Å². The van der Waals surface area contributed by atoms with Crippen LogP contribution < -0.4 is 10.3 Å². The summed E-state index contributed by atoms with van der Waals surface area (Å²) in [5.41, 5.74) is 1.81. The fraction of sp³-hybridized carbons (Fsp3) is 0.304. The van der Waals surface area contributed by atoms with Crippen LogP contribution in [-0.2, 0) is 11.2 Å². The Kier molecular flexibility index (Phi) is 5.86. The number of carbonyl (C=O) groups is 1. The number of rotatable bonds is 5. The van der Waals surface area contributed by atoms with Gasteiger partial charge in [0.1, 0.15) is 11.9 Å². The zero-order valence-electron chi connectivity index (χ0n) is 16.1. The zero-order chi connectivity index (χ0) is 20.2. The van der Waals surface area contributed by atoms with Crippen molar-refractivity contribution < 1.29 is 9.53 Å². The number of carbonyl (C=O) groups excluding carboxylic acids is 1. The topological polar surface area (TPSA) is 62.4 Å². The Hall–Kier alpha value is -2.79. The number of nitrogens with zero attached hydrogens (tertiary/aromatic N) is 1. The van der Waals surface area contributed by atoms with E-state index >= 15 is 0 Å². The molecule has 1 amide bonds. The largest absolute Gasteiger partial charge is 0.490 e. The van der Waals surface area contributed by atoms with Crippen LogP contribution in [0.2, 0.25) is 5.02 Å². The van der Waals surface area contributed by atoms with E-state index in [1.807, 2.05) is 47.4 Å². The number of H-pyrrole nitrogens is 1. The molecule has 0 saturated carbocycles. The van der Waals surface area contributed by atoms with Crippen LogP contribution in [0, 0.1) is 0 Å². The molecule has 0 aliphatic carbocycles. The van der Waals surface area contributed by atoms with Crippen LogP contribution in [0.15, 0.2) is 59.4 Å². The number of aromatic amines is 1. The summed E-state index contributed by atoms with van der Waals surface area (Å²) in [5, 5.41) is 1.65. The predicted octanol–water partition coefficient (Wildman–Crippen LogP) is 4.18. The maximum Gasteiger partial charge on any atom is 0.248 e. The van der Waals surface area contributed by atoms with Gasteiger partial charge in [-0.3, -0.25) is 9.59 Å². The summed E-state index contributed by atoms with van der Waals surface area (Å²) in [7, 11) is 0. The number of likely N-dealkylation sites (tertiary alicyclic amines) is 1. The standard InChI is InChI=1S/C23H23ClN2O3/c24-18-5-1-16(2-6-18)3-10-23(28)26-13-11-19(12-14-26)29-20-7-8-21-17(15-20)4-9-22(27)25-21/h1-2,4-9,15,19H,3,10-14H2,(H,25,27). The van der Waals surface area contributed by atoms with Crippen molar-refractivity contribution in [3.63, 3.8) is 0 Å². The van der Waals surface area contributed by atoms with E-state index in [0.717, 1.165) is 41.5 Å². The second-order valence-corrected chi connectivity index (χ2v) is 7.83. The number of fused-ring (bicyclic) bond motifs is 1. The van der Waals surface area contributed by atoms with Gasteiger partial charge in [0.05, 0.1) is 0 Å². The second-order valence-electron chi connectivity index (χ2n) is 7.40. The first-order valence-electron chi connectivity index (χ1n) is 9.89. The molecule has 1 fully saturated rings. The van der Waals surface area contributed by atoms with Crippen molar-refractivity contribution in [2.75, 3.05) is 13.1 Å². The molecule has 0 atom stereocenters. The fourth-order valence-electron chi connectivity index (χ4n) is 3.68. The van der Waals surface area contributed by atoms with Crippen molar-refractivity contribution in [1.29, 1.82) is 0 Å². The highest BCUT2D eigenvalue weighted by atomic mass is 35.5. The van der Waals surface area contributed by atoms with Crippen molar-refractivity contribution in [2.24, 2.45) is 0 Å². The summed E-state index contributed by atoms with van der Waals surface area (Å²) in [5.74, 6) is 0.977. The number of nitrogens with one attached hydrogen (secondary N) is 1. The van der Waals surface area contributed by atoms with Crippen LogP contribution in [0.25, 0.3) is 10.9 Å². The van der Waals surface area contributed by atoms with Crippen molar-refractivity contribution >= 4 is 28.4 Å². The van der Waals surface area contributed by atoms with Gasteiger partial charge < -0.3 is 14.6 Å².